The Morgan fingerprint density at radius 2 is 2.00 bits per heavy atom. The third-order valence-electron chi connectivity index (χ3n) is 3.08. The van der Waals surface area contributed by atoms with Crippen LogP contribution in [-0.4, -0.2) is 33.8 Å². The molecule has 0 radical (unpaired) electrons. The van der Waals surface area contributed by atoms with Crippen LogP contribution in [0.25, 0.3) is 0 Å². The summed E-state index contributed by atoms with van der Waals surface area (Å²) in [6, 6.07) is 0.594. The molecule has 90 valence electrons. The van der Waals surface area contributed by atoms with Crippen molar-refractivity contribution in [3.05, 3.63) is 0 Å². The minimum Gasteiger partial charge on any atom is -0.312 e. The van der Waals surface area contributed by atoms with Crippen molar-refractivity contribution in [1.29, 1.82) is 0 Å². The Bertz CT molecular complexity index is 277. The van der Waals surface area contributed by atoms with Gasteiger partial charge in [-0.1, -0.05) is 19.8 Å². The standard InChI is InChI=1S/C10H22N2O2S/c1-3-9-5-4-6-10(9)11-7-8-12-15(2,13)14/h9-12H,3-8H2,1-2H3. The molecule has 2 N–H and O–H groups in total. The van der Waals surface area contributed by atoms with E-state index in [1.165, 1.54) is 31.9 Å². The number of hydrogen-bond acceptors (Lipinski definition) is 3. The third kappa shape index (κ3) is 4.95. The topological polar surface area (TPSA) is 58.2 Å². The second kappa shape index (κ2) is 5.82. The van der Waals surface area contributed by atoms with Gasteiger partial charge in [-0.3, -0.25) is 0 Å². The van der Waals surface area contributed by atoms with E-state index in [0.717, 1.165) is 12.5 Å². The van der Waals surface area contributed by atoms with Crippen molar-refractivity contribution in [2.24, 2.45) is 5.92 Å². The van der Waals surface area contributed by atoms with E-state index in [1.54, 1.807) is 0 Å². The predicted molar refractivity (Wildman–Crippen MR) is 62.3 cm³/mol. The Balaban J connectivity index is 2.15. The van der Waals surface area contributed by atoms with Crippen LogP contribution >= 0.6 is 0 Å². The van der Waals surface area contributed by atoms with Crippen LogP contribution in [0.2, 0.25) is 0 Å². The van der Waals surface area contributed by atoms with Crippen LogP contribution in [0.15, 0.2) is 0 Å². The molecule has 1 saturated carbocycles. The van der Waals surface area contributed by atoms with E-state index in [1.807, 2.05) is 0 Å². The fraction of sp³-hybridized carbons (Fsp3) is 1.00. The predicted octanol–water partition coefficient (Wildman–Crippen LogP) is 0.704. The number of nitrogens with one attached hydrogen (secondary N) is 2. The molecule has 2 unspecified atom stereocenters. The quantitative estimate of drug-likeness (QED) is 0.665. The third-order valence-corrected chi connectivity index (χ3v) is 3.81. The summed E-state index contributed by atoms with van der Waals surface area (Å²) in [5.74, 6) is 0.781. The number of rotatable bonds is 6. The molecule has 0 heterocycles. The lowest BCUT2D eigenvalue weighted by Crippen LogP contribution is -2.38. The van der Waals surface area contributed by atoms with Crippen LogP contribution in [-0.2, 0) is 10.0 Å². The van der Waals surface area contributed by atoms with Crippen LogP contribution in [0, 0.1) is 5.92 Å². The van der Waals surface area contributed by atoms with Crippen molar-refractivity contribution in [1.82, 2.24) is 10.0 Å². The highest BCUT2D eigenvalue weighted by Crippen LogP contribution is 2.27. The minimum atomic E-state index is -3.03. The van der Waals surface area contributed by atoms with Gasteiger partial charge in [0, 0.05) is 19.1 Å². The van der Waals surface area contributed by atoms with Gasteiger partial charge in [-0.2, -0.15) is 0 Å². The van der Waals surface area contributed by atoms with Gasteiger partial charge in [0.05, 0.1) is 6.26 Å². The van der Waals surface area contributed by atoms with Crippen LogP contribution in [0.1, 0.15) is 32.6 Å². The van der Waals surface area contributed by atoms with Crippen LogP contribution in [0.5, 0.6) is 0 Å². The van der Waals surface area contributed by atoms with Gasteiger partial charge in [0.2, 0.25) is 10.0 Å². The zero-order chi connectivity index (χ0) is 11.3. The van der Waals surface area contributed by atoms with Crippen LogP contribution in [0.4, 0.5) is 0 Å². The molecule has 1 rings (SSSR count). The van der Waals surface area contributed by atoms with E-state index in [-0.39, 0.29) is 0 Å². The fourth-order valence-electron chi connectivity index (χ4n) is 2.29. The fourth-order valence-corrected chi connectivity index (χ4v) is 2.76. The number of hydrogen-bond donors (Lipinski definition) is 2. The summed E-state index contributed by atoms with van der Waals surface area (Å²) in [4.78, 5) is 0. The van der Waals surface area contributed by atoms with Crippen molar-refractivity contribution >= 4 is 10.0 Å². The van der Waals surface area contributed by atoms with Crippen molar-refractivity contribution in [2.45, 2.75) is 38.6 Å². The summed E-state index contributed by atoms with van der Waals surface area (Å²) in [7, 11) is -3.03. The summed E-state index contributed by atoms with van der Waals surface area (Å²) in [6.07, 6.45) is 6.26. The van der Waals surface area contributed by atoms with Crippen molar-refractivity contribution in [3.63, 3.8) is 0 Å². The van der Waals surface area contributed by atoms with E-state index in [0.29, 0.717) is 12.6 Å². The zero-order valence-electron chi connectivity index (χ0n) is 9.62. The summed E-state index contributed by atoms with van der Waals surface area (Å²) < 4.78 is 24.1. The van der Waals surface area contributed by atoms with Gasteiger partial charge in [0.15, 0.2) is 0 Å². The van der Waals surface area contributed by atoms with Gasteiger partial charge < -0.3 is 5.32 Å². The molecule has 0 saturated heterocycles. The SMILES string of the molecule is CCC1CCCC1NCCNS(C)(=O)=O. The van der Waals surface area contributed by atoms with E-state index in [4.69, 9.17) is 0 Å². The van der Waals surface area contributed by atoms with E-state index in [2.05, 4.69) is 17.0 Å². The van der Waals surface area contributed by atoms with Gasteiger partial charge in [-0.15, -0.1) is 0 Å². The lowest BCUT2D eigenvalue weighted by atomic mass is 10.0. The second-order valence-corrected chi connectivity index (χ2v) is 6.16. The maximum atomic E-state index is 10.8. The van der Waals surface area contributed by atoms with Crippen molar-refractivity contribution < 1.29 is 8.42 Å². The highest BCUT2D eigenvalue weighted by molar-refractivity contribution is 7.88. The molecule has 2 atom stereocenters. The van der Waals surface area contributed by atoms with Gasteiger partial charge >= 0.3 is 0 Å². The zero-order valence-corrected chi connectivity index (χ0v) is 10.4. The smallest absolute Gasteiger partial charge is 0.208 e. The normalized spacial score (nSPS) is 27.1. The van der Waals surface area contributed by atoms with Gasteiger partial charge in [-0.25, -0.2) is 13.1 Å². The first-order chi connectivity index (χ1) is 7.03. The Labute approximate surface area is 92.9 Å². The Morgan fingerprint density at radius 3 is 2.60 bits per heavy atom. The van der Waals surface area contributed by atoms with E-state index < -0.39 is 10.0 Å². The van der Waals surface area contributed by atoms with Gasteiger partial charge in [-0.05, 0) is 18.8 Å². The molecule has 0 aromatic heterocycles. The molecule has 1 aliphatic carbocycles. The largest absolute Gasteiger partial charge is 0.312 e. The molecule has 4 nitrogen and oxygen atoms in total. The molecule has 0 spiro atoms. The Morgan fingerprint density at radius 1 is 1.27 bits per heavy atom. The molecule has 0 bridgehead atoms. The molecule has 0 aromatic carbocycles. The monoisotopic (exact) mass is 234 g/mol. The Hall–Kier alpha value is -0.130. The number of sulfonamides is 1. The van der Waals surface area contributed by atoms with Gasteiger partial charge in [0.1, 0.15) is 0 Å². The summed E-state index contributed by atoms with van der Waals surface area (Å²) in [6.45, 7) is 3.44. The summed E-state index contributed by atoms with van der Waals surface area (Å²) >= 11 is 0. The first-order valence-electron chi connectivity index (χ1n) is 5.71. The summed E-state index contributed by atoms with van der Waals surface area (Å²) in [5.41, 5.74) is 0. The van der Waals surface area contributed by atoms with E-state index >= 15 is 0 Å². The first-order valence-corrected chi connectivity index (χ1v) is 7.60. The van der Waals surface area contributed by atoms with Crippen molar-refractivity contribution in [3.8, 4) is 0 Å². The van der Waals surface area contributed by atoms with Crippen LogP contribution < -0.4 is 10.0 Å². The molecule has 0 amide bonds. The second-order valence-electron chi connectivity index (χ2n) is 4.33. The molecule has 5 heteroatoms. The maximum Gasteiger partial charge on any atom is 0.208 e. The first kappa shape index (κ1) is 12.9. The molecular weight excluding hydrogens is 212 g/mol. The van der Waals surface area contributed by atoms with Crippen LogP contribution in [0.3, 0.4) is 0 Å². The molecular formula is C10H22N2O2S. The average molecular weight is 234 g/mol. The average Bonchev–Trinajstić information content (AvgIpc) is 2.58. The lowest BCUT2D eigenvalue weighted by Gasteiger charge is -2.19. The van der Waals surface area contributed by atoms with Gasteiger partial charge in [0.25, 0.3) is 0 Å². The Kier molecular flexibility index (Phi) is 5.02. The maximum absolute atomic E-state index is 10.8. The lowest BCUT2D eigenvalue weighted by molar-refractivity contribution is 0.393. The molecule has 15 heavy (non-hydrogen) atoms. The highest BCUT2D eigenvalue weighted by Gasteiger charge is 2.24. The molecule has 0 aliphatic heterocycles. The molecule has 0 aromatic rings. The van der Waals surface area contributed by atoms with E-state index in [9.17, 15) is 8.42 Å². The minimum absolute atomic E-state index is 0.492. The molecule has 1 fully saturated rings. The highest BCUT2D eigenvalue weighted by atomic mass is 32.2. The van der Waals surface area contributed by atoms with Crippen molar-refractivity contribution in [2.75, 3.05) is 19.3 Å². The summed E-state index contributed by atoms with van der Waals surface area (Å²) in [5, 5.41) is 3.43. The molecule has 1 aliphatic rings.